The number of nitrogens with two attached hydrogens (primary N) is 1. The fourth-order valence-corrected chi connectivity index (χ4v) is 1.99. The molecule has 1 amide bonds. The fourth-order valence-electron chi connectivity index (χ4n) is 1.60. The number of aromatic nitrogens is 1. The zero-order valence-corrected chi connectivity index (χ0v) is 12.2. The molecular weight excluding hydrogens is 318 g/mol. The van der Waals surface area contributed by atoms with Gasteiger partial charge in [-0.2, -0.15) is 0 Å². The van der Waals surface area contributed by atoms with Crippen molar-refractivity contribution in [3.63, 3.8) is 0 Å². The highest BCUT2D eigenvalue weighted by atomic mass is 35.5. The van der Waals surface area contributed by atoms with Crippen molar-refractivity contribution in [2.75, 3.05) is 5.43 Å². The molecule has 2 aromatic rings. The Bertz CT molecular complexity index is 681. The van der Waals surface area contributed by atoms with Crippen LogP contribution in [0, 0.1) is 5.82 Å². The lowest BCUT2D eigenvalue weighted by atomic mass is 10.2. The van der Waals surface area contributed by atoms with E-state index in [1.54, 1.807) is 6.07 Å². The summed E-state index contributed by atoms with van der Waals surface area (Å²) >= 11 is 11.6. The van der Waals surface area contributed by atoms with Crippen LogP contribution in [0.3, 0.4) is 0 Å². The first-order chi connectivity index (χ1) is 10.0. The van der Waals surface area contributed by atoms with E-state index in [-0.39, 0.29) is 22.3 Å². The summed E-state index contributed by atoms with van der Waals surface area (Å²) in [6, 6.07) is 7.23. The lowest BCUT2D eigenvalue weighted by Gasteiger charge is -2.08. The van der Waals surface area contributed by atoms with Crippen LogP contribution in [0.5, 0.6) is 0 Å². The van der Waals surface area contributed by atoms with Crippen molar-refractivity contribution >= 4 is 34.9 Å². The number of hydrazine groups is 1. The fraction of sp³-hybridized carbons (Fsp3) is 0.0769. The third-order valence-electron chi connectivity index (χ3n) is 2.65. The molecule has 0 saturated carbocycles. The van der Waals surface area contributed by atoms with Crippen molar-refractivity contribution in [2.45, 2.75) is 6.54 Å². The number of carbonyl (C=O) groups is 1. The summed E-state index contributed by atoms with van der Waals surface area (Å²) in [6.45, 7) is 0.164. The molecular formula is C13H11Cl2FN4O. The molecule has 21 heavy (non-hydrogen) atoms. The largest absolute Gasteiger partial charge is 0.347 e. The molecule has 0 spiro atoms. The average Bonchev–Trinajstić information content (AvgIpc) is 2.48. The van der Waals surface area contributed by atoms with E-state index in [2.05, 4.69) is 15.7 Å². The highest BCUT2D eigenvalue weighted by molar-refractivity contribution is 6.33. The molecule has 0 fully saturated rings. The average molecular weight is 329 g/mol. The van der Waals surface area contributed by atoms with Crippen molar-refractivity contribution in [3.8, 4) is 0 Å². The summed E-state index contributed by atoms with van der Waals surface area (Å²) in [5.74, 6) is 4.55. The van der Waals surface area contributed by atoms with Crippen LogP contribution in [-0.2, 0) is 6.54 Å². The summed E-state index contributed by atoms with van der Waals surface area (Å²) in [4.78, 5) is 16.0. The van der Waals surface area contributed by atoms with Crippen LogP contribution in [0.4, 0.5) is 10.2 Å². The van der Waals surface area contributed by atoms with Gasteiger partial charge in [-0.3, -0.25) is 4.79 Å². The molecule has 0 unspecified atom stereocenters. The lowest BCUT2D eigenvalue weighted by Crippen LogP contribution is -2.25. The second kappa shape index (κ2) is 6.71. The lowest BCUT2D eigenvalue weighted by molar-refractivity contribution is 0.0946. The molecule has 0 aliphatic carbocycles. The minimum Gasteiger partial charge on any atom is -0.347 e. The van der Waals surface area contributed by atoms with E-state index < -0.39 is 11.7 Å². The van der Waals surface area contributed by atoms with E-state index in [1.807, 2.05) is 0 Å². The molecule has 1 aromatic heterocycles. The predicted octanol–water partition coefficient (Wildman–Crippen LogP) is 2.74. The van der Waals surface area contributed by atoms with E-state index >= 15 is 0 Å². The number of nitrogens with zero attached hydrogens (tertiary/aromatic N) is 1. The number of halogens is 3. The standard InChI is InChI=1S/C13H11Cl2FN4O/c14-8-2-4-11(20-17)19-12(8)13(21)18-6-7-1-3-10(16)9(15)5-7/h1-5H,6,17H2,(H,18,21)(H,19,20). The molecule has 5 nitrogen and oxygen atoms in total. The molecule has 0 saturated heterocycles. The highest BCUT2D eigenvalue weighted by Gasteiger charge is 2.13. The van der Waals surface area contributed by atoms with Crippen LogP contribution < -0.4 is 16.6 Å². The Hall–Kier alpha value is -1.89. The molecule has 110 valence electrons. The highest BCUT2D eigenvalue weighted by Crippen LogP contribution is 2.18. The van der Waals surface area contributed by atoms with Crippen molar-refractivity contribution < 1.29 is 9.18 Å². The Morgan fingerprint density at radius 3 is 2.67 bits per heavy atom. The number of benzene rings is 1. The van der Waals surface area contributed by atoms with E-state index in [4.69, 9.17) is 29.0 Å². The number of rotatable bonds is 4. The second-order valence-electron chi connectivity index (χ2n) is 4.10. The third-order valence-corrected chi connectivity index (χ3v) is 3.24. The molecule has 0 atom stereocenters. The van der Waals surface area contributed by atoms with E-state index in [9.17, 15) is 9.18 Å². The maximum absolute atomic E-state index is 13.0. The number of hydrogen-bond acceptors (Lipinski definition) is 4. The van der Waals surface area contributed by atoms with Gasteiger partial charge in [0.2, 0.25) is 0 Å². The van der Waals surface area contributed by atoms with Gasteiger partial charge in [-0.15, -0.1) is 0 Å². The number of carbonyl (C=O) groups excluding carboxylic acids is 1. The van der Waals surface area contributed by atoms with Gasteiger partial charge in [0.25, 0.3) is 5.91 Å². The SMILES string of the molecule is NNc1ccc(Cl)c(C(=O)NCc2ccc(F)c(Cl)c2)n1. The van der Waals surface area contributed by atoms with Crippen LogP contribution in [0.1, 0.15) is 16.1 Å². The van der Waals surface area contributed by atoms with Crippen LogP contribution >= 0.6 is 23.2 Å². The Kier molecular flexibility index (Phi) is 4.95. The molecule has 0 bridgehead atoms. The van der Waals surface area contributed by atoms with Gasteiger partial charge in [0.15, 0.2) is 0 Å². The van der Waals surface area contributed by atoms with Gasteiger partial charge >= 0.3 is 0 Å². The van der Waals surface area contributed by atoms with Gasteiger partial charge in [0.05, 0.1) is 10.0 Å². The number of anilines is 1. The molecule has 2 rings (SSSR count). The Morgan fingerprint density at radius 1 is 1.24 bits per heavy atom. The molecule has 0 aliphatic heterocycles. The first kappa shape index (κ1) is 15.5. The van der Waals surface area contributed by atoms with Crippen molar-refractivity contribution in [1.29, 1.82) is 0 Å². The first-order valence-electron chi connectivity index (χ1n) is 5.86. The van der Waals surface area contributed by atoms with Gasteiger partial charge in [-0.05, 0) is 29.8 Å². The molecule has 0 aliphatic rings. The number of nitrogens with one attached hydrogen (secondary N) is 2. The molecule has 8 heteroatoms. The summed E-state index contributed by atoms with van der Waals surface area (Å²) < 4.78 is 13.0. The van der Waals surface area contributed by atoms with Gasteiger partial charge in [0.1, 0.15) is 17.3 Å². The molecule has 1 aromatic carbocycles. The quantitative estimate of drug-likeness (QED) is 0.595. The normalized spacial score (nSPS) is 10.3. The van der Waals surface area contributed by atoms with Gasteiger partial charge < -0.3 is 10.7 Å². The molecule has 4 N–H and O–H groups in total. The zero-order valence-electron chi connectivity index (χ0n) is 10.7. The third kappa shape index (κ3) is 3.81. The van der Waals surface area contributed by atoms with Crippen molar-refractivity contribution in [3.05, 3.63) is 57.5 Å². The van der Waals surface area contributed by atoms with E-state index in [1.165, 1.54) is 24.3 Å². The second-order valence-corrected chi connectivity index (χ2v) is 4.92. The summed E-state index contributed by atoms with van der Waals surface area (Å²) in [6.07, 6.45) is 0. The number of hydrogen-bond donors (Lipinski definition) is 3. The van der Waals surface area contributed by atoms with Crippen LogP contribution in [0.15, 0.2) is 30.3 Å². The predicted molar refractivity (Wildman–Crippen MR) is 79.6 cm³/mol. The van der Waals surface area contributed by atoms with E-state index in [0.29, 0.717) is 11.4 Å². The van der Waals surface area contributed by atoms with Crippen LogP contribution in [0.2, 0.25) is 10.0 Å². The van der Waals surface area contributed by atoms with Gasteiger partial charge in [-0.1, -0.05) is 29.3 Å². The Morgan fingerprint density at radius 2 is 2.00 bits per heavy atom. The molecule has 1 heterocycles. The topological polar surface area (TPSA) is 80.0 Å². The van der Waals surface area contributed by atoms with Crippen LogP contribution in [-0.4, -0.2) is 10.9 Å². The van der Waals surface area contributed by atoms with Crippen molar-refractivity contribution in [1.82, 2.24) is 10.3 Å². The number of nitrogen functional groups attached to an aromatic ring is 1. The summed E-state index contributed by atoms with van der Waals surface area (Å²) in [7, 11) is 0. The summed E-state index contributed by atoms with van der Waals surface area (Å²) in [5, 5.41) is 2.81. The maximum Gasteiger partial charge on any atom is 0.271 e. The minimum absolute atomic E-state index is 0.00719. The maximum atomic E-state index is 13.0. The van der Waals surface area contributed by atoms with Gasteiger partial charge in [-0.25, -0.2) is 15.2 Å². The molecule has 0 radical (unpaired) electrons. The van der Waals surface area contributed by atoms with Crippen molar-refractivity contribution in [2.24, 2.45) is 5.84 Å². The zero-order chi connectivity index (χ0) is 15.4. The summed E-state index contributed by atoms with van der Waals surface area (Å²) in [5.41, 5.74) is 3.02. The Balaban J connectivity index is 2.09. The smallest absolute Gasteiger partial charge is 0.271 e. The first-order valence-corrected chi connectivity index (χ1v) is 6.62. The Labute approximate surface area is 130 Å². The van der Waals surface area contributed by atoms with Crippen LogP contribution in [0.25, 0.3) is 0 Å². The monoisotopic (exact) mass is 328 g/mol. The van der Waals surface area contributed by atoms with E-state index in [0.717, 1.165) is 0 Å². The minimum atomic E-state index is -0.516. The number of pyridine rings is 1. The van der Waals surface area contributed by atoms with Gasteiger partial charge in [0, 0.05) is 6.54 Å². The number of amides is 1.